The second-order valence-electron chi connectivity index (χ2n) is 6.11. The van der Waals surface area contributed by atoms with Gasteiger partial charge in [-0.2, -0.15) is 5.90 Å². The Morgan fingerprint density at radius 1 is 0.826 bits per heavy atom. The smallest absolute Gasteiger partial charge is 0.188 e. The molecule has 2 aromatic carbocycles. The zero-order chi connectivity index (χ0) is 17.0. The van der Waals surface area contributed by atoms with Crippen LogP contribution < -0.4 is 10.7 Å². The molecule has 5 nitrogen and oxygen atoms in total. The summed E-state index contributed by atoms with van der Waals surface area (Å²) < 4.78 is 0. The molecule has 2 rings (SSSR count). The molecule has 5 N–H and O–H groups in total. The molecule has 0 saturated carbocycles. The van der Waals surface area contributed by atoms with Crippen molar-refractivity contribution in [1.82, 2.24) is 0 Å². The predicted molar refractivity (Wildman–Crippen MR) is 88.4 cm³/mol. The molecule has 124 valence electrons. The van der Waals surface area contributed by atoms with Crippen LogP contribution in [0.3, 0.4) is 0 Å². The zero-order valence-corrected chi connectivity index (χ0v) is 13.4. The van der Waals surface area contributed by atoms with E-state index in [2.05, 4.69) is 18.7 Å². The van der Waals surface area contributed by atoms with Crippen molar-refractivity contribution >= 4 is 0 Å². The van der Waals surface area contributed by atoms with E-state index in [0.29, 0.717) is 11.8 Å². The van der Waals surface area contributed by atoms with Gasteiger partial charge >= 0.3 is 0 Å². The first-order valence-electron chi connectivity index (χ1n) is 7.60. The molecule has 0 amide bonds. The third-order valence-electron chi connectivity index (χ3n) is 4.28. The predicted octanol–water partition coefficient (Wildman–Crippen LogP) is 3.11. The summed E-state index contributed by atoms with van der Waals surface area (Å²) in [5.74, 6) is 5.89. The first kappa shape index (κ1) is 17.0. The van der Waals surface area contributed by atoms with Gasteiger partial charge in [-0.05, 0) is 60.1 Å². The summed E-state index contributed by atoms with van der Waals surface area (Å²) in [6.45, 7) is 4.29. The Bertz CT molecular complexity index is 672. The van der Waals surface area contributed by atoms with Crippen LogP contribution in [0.4, 0.5) is 0 Å². The highest BCUT2D eigenvalue weighted by molar-refractivity contribution is 5.42. The maximum atomic E-state index is 9.78. The molecule has 23 heavy (non-hydrogen) atoms. The highest BCUT2D eigenvalue weighted by Gasteiger charge is 2.15. The molecule has 0 aliphatic rings. The minimum Gasteiger partial charge on any atom is -0.504 e. The number of rotatable bonds is 6. The third kappa shape index (κ3) is 4.29. The standard InChI is InChI=1S/C18H23NO4/c1-11(7-13-3-5-15(20)16(21)9-13)12(2)8-14-4-6-18(23-19)17(22)10-14/h3-6,9-12,20-22H,7-8,19H2,1-2H3. The number of nitrogens with two attached hydrogens (primary N) is 1. The Morgan fingerprint density at radius 2 is 1.35 bits per heavy atom. The summed E-state index contributed by atoms with van der Waals surface area (Å²) in [4.78, 5) is 4.56. The molecule has 0 heterocycles. The van der Waals surface area contributed by atoms with E-state index in [1.54, 1.807) is 18.2 Å². The highest BCUT2D eigenvalue weighted by atomic mass is 16.6. The lowest BCUT2D eigenvalue weighted by molar-refractivity contribution is 0.312. The van der Waals surface area contributed by atoms with Crippen molar-refractivity contribution in [2.24, 2.45) is 17.7 Å². The van der Waals surface area contributed by atoms with E-state index in [1.807, 2.05) is 12.1 Å². The maximum absolute atomic E-state index is 9.78. The van der Waals surface area contributed by atoms with E-state index in [0.717, 1.165) is 24.0 Å². The lowest BCUT2D eigenvalue weighted by Crippen LogP contribution is -2.13. The second kappa shape index (κ2) is 7.24. The lowest BCUT2D eigenvalue weighted by Gasteiger charge is -2.20. The van der Waals surface area contributed by atoms with Gasteiger partial charge in [-0.1, -0.05) is 26.0 Å². The number of aromatic hydroxyl groups is 3. The molecule has 2 unspecified atom stereocenters. The van der Waals surface area contributed by atoms with Gasteiger partial charge in [0.1, 0.15) is 0 Å². The molecule has 2 aromatic rings. The van der Waals surface area contributed by atoms with E-state index in [9.17, 15) is 15.3 Å². The Morgan fingerprint density at radius 3 is 1.83 bits per heavy atom. The molecule has 0 aromatic heterocycles. The van der Waals surface area contributed by atoms with Crippen molar-refractivity contribution in [1.29, 1.82) is 0 Å². The van der Waals surface area contributed by atoms with Crippen molar-refractivity contribution < 1.29 is 20.2 Å². The summed E-state index contributed by atoms with van der Waals surface area (Å²) >= 11 is 0. The minimum absolute atomic E-state index is 0.0355. The van der Waals surface area contributed by atoms with Gasteiger partial charge in [0.2, 0.25) is 0 Å². The van der Waals surface area contributed by atoms with Gasteiger partial charge in [-0.3, -0.25) is 0 Å². The molecular weight excluding hydrogens is 294 g/mol. The molecule has 0 bridgehead atoms. The SMILES string of the molecule is CC(Cc1ccc(O)c(O)c1)C(C)Cc1ccc(ON)c(O)c1. The largest absolute Gasteiger partial charge is 0.504 e. The van der Waals surface area contributed by atoms with Gasteiger partial charge in [0, 0.05) is 0 Å². The van der Waals surface area contributed by atoms with Gasteiger partial charge in [0.15, 0.2) is 23.0 Å². The number of phenols is 3. The van der Waals surface area contributed by atoms with Gasteiger partial charge < -0.3 is 20.2 Å². The van der Waals surface area contributed by atoms with Crippen LogP contribution in [0.15, 0.2) is 36.4 Å². The van der Waals surface area contributed by atoms with Crippen LogP contribution >= 0.6 is 0 Å². The molecule has 0 saturated heterocycles. The molecule has 0 radical (unpaired) electrons. The molecule has 0 aliphatic carbocycles. The fourth-order valence-electron chi connectivity index (χ4n) is 2.63. The average molecular weight is 317 g/mol. The fourth-order valence-corrected chi connectivity index (χ4v) is 2.63. The minimum atomic E-state index is -0.105. The zero-order valence-electron chi connectivity index (χ0n) is 13.4. The van der Waals surface area contributed by atoms with Crippen LogP contribution in [-0.2, 0) is 12.8 Å². The van der Waals surface area contributed by atoms with Crippen LogP contribution in [0, 0.1) is 11.8 Å². The van der Waals surface area contributed by atoms with Crippen molar-refractivity contribution in [2.45, 2.75) is 26.7 Å². The van der Waals surface area contributed by atoms with E-state index in [1.165, 1.54) is 6.07 Å². The molecular formula is C18H23NO4. The van der Waals surface area contributed by atoms with Crippen LogP contribution in [0.2, 0.25) is 0 Å². The summed E-state index contributed by atoms with van der Waals surface area (Å²) in [6.07, 6.45) is 1.61. The Balaban J connectivity index is 2.00. The van der Waals surface area contributed by atoms with Crippen LogP contribution in [0.25, 0.3) is 0 Å². The molecule has 0 aliphatic heterocycles. The summed E-state index contributed by atoms with van der Waals surface area (Å²) in [7, 11) is 0. The van der Waals surface area contributed by atoms with Crippen LogP contribution in [-0.4, -0.2) is 15.3 Å². The topological polar surface area (TPSA) is 95.9 Å². The summed E-state index contributed by atoms with van der Waals surface area (Å²) in [5.41, 5.74) is 1.99. The average Bonchev–Trinajstić information content (AvgIpc) is 2.51. The number of phenolic OH excluding ortho intramolecular Hbond substituents is 3. The fraction of sp³-hybridized carbons (Fsp3) is 0.333. The Hall–Kier alpha value is -2.40. The lowest BCUT2D eigenvalue weighted by atomic mass is 9.85. The van der Waals surface area contributed by atoms with Gasteiger partial charge in [-0.25, -0.2) is 0 Å². The maximum Gasteiger partial charge on any atom is 0.188 e. The molecule has 5 heteroatoms. The monoisotopic (exact) mass is 317 g/mol. The highest BCUT2D eigenvalue weighted by Crippen LogP contribution is 2.30. The van der Waals surface area contributed by atoms with E-state index < -0.39 is 0 Å². The van der Waals surface area contributed by atoms with Crippen LogP contribution in [0.5, 0.6) is 23.0 Å². The molecule has 0 spiro atoms. The van der Waals surface area contributed by atoms with Crippen molar-refractivity contribution in [3.05, 3.63) is 47.5 Å². The quantitative estimate of drug-likeness (QED) is 0.485. The van der Waals surface area contributed by atoms with E-state index in [4.69, 9.17) is 5.90 Å². The van der Waals surface area contributed by atoms with Crippen molar-refractivity contribution in [3.63, 3.8) is 0 Å². The van der Waals surface area contributed by atoms with E-state index in [-0.39, 0.29) is 23.0 Å². The molecule has 0 fully saturated rings. The Kier molecular flexibility index (Phi) is 5.34. The second-order valence-corrected chi connectivity index (χ2v) is 6.11. The van der Waals surface area contributed by atoms with Crippen molar-refractivity contribution in [2.75, 3.05) is 0 Å². The number of hydrogen-bond acceptors (Lipinski definition) is 5. The summed E-state index contributed by atoms with van der Waals surface area (Å²) in [6, 6.07) is 10.1. The number of benzene rings is 2. The normalized spacial score (nSPS) is 13.5. The van der Waals surface area contributed by atoms with Crippen molar-refractivity contribution in [3.8, 4) is 23.0 Å². The van der Waals surface area contributed by atoms with Gasteiger partial charge in [0.25, 0.3) is 0 Å². The number of hydrogen-bond donors (Lipinski definition) is 4. The molecule has 2 atom stereocenters. The Labute approximate surface area is 135 Å². The van der Waals surface area contributed by atoms with E-state index >= 15 is 0 Å². The third-order valence-corrected chi connectivity index (χ3v) is 4.28. The van der Waals surface area contributed by atoms with Gasteiger partial charge in [-0.15, -0.1) is 0 Å². The van der Waals surface area contributed by atoms with Gasteiger partial charge in [0.05, 0.1) is 0 Å². The first-order chi connectivity index (χ1) is 10.9. The van der Waals surface area contributed by atoms with Crippen LogP contribution in [0.1, 0.15) is 25.0 Å². The summed E-state index contributed by atoms with van der Waals surface area (Å²) in [5, 5.41) is 28.7. The first-order valence-corrected chi connectivity index (χ1v) is 7.60.